The second kappa shape index (κ2) is 5.45. The van der Waals surface area contributed by atoms with E-state index in [1.54, 1.807) is 0 Å². The Morgan fingerprint density at radius 2 is 2.50 bits per heavy atom. The molecule has 0 bridgehead atoms. The molecule has 0 aromatic heterocycles. The molecule has 6 heavy (non-hydrogen) atoms. The first-order valence-electron chi connectivity index (χ1n) is 1.91. The van der Waals surface area contributed by atoms with Crippen molar-refractivity contribution < 1.29 is 0 Å². The number of hydrogen-bond donors (Lipinski definition) is 0. The summed E-state index contributed by atoms with van der Waals surface area (Å²) in [6.07, 6.45) is 1.11. The second-order valence-electron chi connectivity index (χ2n) is 0.947. The van der Waals surface area contributed by atoms with Gasteiger partial charge in [-0.15, -0.1) is 0 Å². The average molecular weight is 120 g/mol. The summed E-state index contributed by atoms with van der Waals surface area (Å²) >= 11 is 4.52. The Bertz CT molecular complexity index is 67.2. The SMILES string of the molecule is CCCN=[P+]=S. The minimum absolute atomic E-state index is 0.754. The third kappa shape index (κ3) is 4.45. The quantitative estimate of drug-likeness (QED) is 0.507. The molecule has 0 aliphatic rings. The predicted molar refractivity (Wildman–Crippen MR) is 31.9 cm³/mol. The van der Waals surface area contributed by atoms with Crippen molar-refractivity contribution >= 4 is 19.0 Å². The van der Waals surface area contributed by atoms with E-state index in [4.69, 9.17) is 0 Å². The van der Waals surface area contributed by atoms with Gasteiger partial charge < -0.3 is 0 Å². The van der Waals surface area contributed by atoms with Crippen molar-refractivity contribution in [2.24, 2.45) is 4.74 Å². The van der Waals surface area contributed by atoms with Crippen molar-refractivity contribution in [3.8, 4) is 0 Å². The van der Waals surface area contributed by atoms with Gasteiger partial charge in [0.25, 0.3) is 0 Å². The first-order chi connectivity index (χ1) is 2.91. The van der Waals surface area contributed by atoms with E-state index < -0.39 is 0 Å². The number of nitrogens with zero attached hydrogens (tertiary/aromatic N) is 1. The molecule has 0 spiro atoms. The van der Waals surface area contributed by atoms with Crippen molar-refractivity contribution in [3.05, 3.63) is 0 Å². The van der Waals surface area contributed by atoms with E-state index >= 15 is 0 Å². The maximum atomic E-state index is 4.52. The molecule has 0 rings (SSSR count). The van der Waals surface area contributed by atoms with E-state index in [1.807, 2.05) is 0 Å². The molecule has 0 aromatic rings. The molecule has 0 aliphatic heterocycles. The molecule has 34 valence electrons. The molecule has 0 atom stereocenters. The maximum absolute atomic E-state index is 4.52. The molecule has 0 radical (unpaired) electrons. The fourth-order valence-electron chi connectivity index (χ4n) is 0.141. The first-order valence-corrected chi connectivity index (χ1v) is 3.77. The van der Waals surface area contributed by atoms with Crippen molar-refractivity contribution in [3.63, 3.8) is 0 Å². The van der Waals surface area contributed by atoms with Gasteiger partial charge in [0.2, 0.25) is 0 Å². The fourth-order valence-corrected chi connectivity index (χ4v) is 0.667. The third-order valence-corrected chi connectivity index (χ3v) is 1.04. The Morgan fingerprint density at radius 3 is 2.67 bits per heavy atom. The molecule has 0 N–H and O–H groups in total. The van der Waals surface area contributed by atoms with Gasteiger partial charge in [0.15, 0.2) is 0 Å². The van der Waals surface area contributed by atoms with Crippen LogP contribution < -0.4 is 0 Å². The van der Waals surface area contributed by atoms with Crippen LogP contribution in [0.25, 0.3) is 0 Å². The normalized spacial score (nSPS) is 7.50. The monoisotopic (exact) mass is 120 g/mol. The van der Waals surface area contributed by atoms with Gasteiger partial charge in [0.05, 0.1) is 0 Å². The van der Waals surface area contributed by atoms with E-state index in [1.165, 1.54) is 0 Å². The summed E-state index contributed by atoms with van der Waals surface area (Å²) in [5.41, 5.74) is 0. The van der Waals surface area contributed by atoms with Crippen molar-refractivity contribution in [2.45, 2.75) is 13.3 Å². The van der Waals surface area contributed by atoms with Gasteiger partial charge in [-0.1, -0.05) is 0 Å². The van der Waals surface area contributed by atoms with Crippen molar-refractivity contribution in [1.29, 1.82) is 0 Å². The van der Waals surface area contributed by atoms with Crippen LogP contribution in [0.1, 0.15) is 13.3 Å². The van der Waals surface area contributed by atoms with Gasteiger partial charge in [0.1, 0.15) is 0 Å². The van der Waals surface area contributed by atoms with Crippen LogP contribution in [0, 0.1) is 0 Å². The van der Waals surface area contributed by atoms with Crippen LogP contribution in [0.15, 0.2) is 4.74 Å². The van der Waals surface area contributed by atoms with Crippen LogP contribution in [-0.2, 0) is 11.8 Å². The van der Waals surface area contributed by atoms with Crippen LogP contribution in [0.4, 0.5) is 0 Å². The zero-order valence-electron chi connectivity index (χ0n) is 3.72. The topological polar surface area (TPSA) is 12.4 Å². The zero-order chi connectivity index (χ0) is 4.83. The summed E-state index contributed by atoms with van der Waals surface area (Å²) in [6, 6.07) is 0. The van der Waals surface area contributed by atoms with Gasteiger partial charge >= 0.3 is 43.6 Å². The summed E-state index contributed by atoms with van der Waals surface area (Å²) in [5, 5.41) is 0. The average Bonchev–Trinajstić information content (AvgIpc) is 1.61. The Labute approximate surface area is 44.3 Å². The van der Waals surface area contributed by atoms with E-state index in [0.717, 1.165) is 20.1 Å². The van der Waals surface area contributed by atoms with Crippen LogP contribution in [-0.4, -0.2) is 6.54 Å². The van der Waals surface area contributed by atoms with E-state index in [2.05, 4.69) is 23.5 Å². The van der Waals surface area contributed by atoms with Gasteiger partial charge in [-0.25, -0.2) is 0 Å². The summed E-state index contributed by atoms with van der Waals surface area (Å²) in [5.74, 6) is 0. The Balaban J connectivity index is 2.86. The number of rotatable bonds is 2. The van der Waals surface area contributed by atoms with Crippen LogP contribution in [0.5, 0.6) is 0 Å². The molecule has 0 aliphatic carbocycles. The third-order valence-electron chi connectivity index (χ3n) is 0.381. The minimum atomic E-state index is 0.754. The van der Waals surface area contributed by atoms with Crippen LogP contribution >= 0.6 is 7.15 Å². The molecular weight excluding hydrogens is 113 g/mol. The van der Waals surface area contributed by atoms with Gasteiger partial charge in [-0.3, -0.25) is 0 Å². The van der Waals surface area contributed by atoms with Gasteiger partial charge in [-0.05, 0) is 0 Å². The summed E-state index contributed by atoms with van der Waals surface area (Å²) in [4.78, 5) is 0. The summed E-state index contributed by atoms with van der Waals surface area (Å²) < 4.78 is 3.88. The van der Waals surface area contributed by atoms with E-state index in [-0.39, 0.29) is 0 Å². The van der Waals surface area contributed by atoms with Crippen LogP contribution in [0.3, 0.4) is 0 Å². The van der Waals surface area contributed by atoms with Crippen molar-refractivity contribution in [2.75, 3.05) is 6.54 Å². The van der Waals surface area contributed by atoms with Gasteiger partial charge in [0, 0.05) is 0 Å². The Kier molecular flexibility index (Phi) is 5.86. The summed E-state index contributed by atoms with van der Waals surface area (Å²) in [7, 11) is 0.754. The standard InChI is InChI=1S/C3H7NPS/c1-2-3-4-5-6/h2-3H2,1H3/q+1. The predicted octanol–water partition coefficient (Wildman–Crippen LogP) is 1.99. The molecule has 0 heterocycles. The Hall–Kier alpha value is 0.450. The zero-order valence-corrected chi connectivity index (χ0v) is 5.43. The molecule has 0 aromatic carbocycles. The molecule has 0 fully saturated rings. The van der Waals surface area contributed by atoms with E-state index in [9.17, 15) is 0 Å². The van der Waals surface area contributed by atoms with Gasteiger partial charge in [-0.2, -0.15) is 0 Å². The molecule has 0 saturated heterocycles. The Morgan fingerprint density at radius 1 is 1.83 bits per heavy atom. The first kappa shape index (κ1) is 6.45. The van der Waals surface area contributed by atoms with Crippen LogP contribution in [0.2, 0.25) is 0 Å². The molecule has 3 heteroatoms. The van der Waals surface area contributed by atoms with E-state index in [0.29, 0.717) is 0 Å². The molecule has 0 unspecified atom stereocenters. The second-order valence-corrected chi connectivity index (χ2v) is 1.88. The molecular formula is C3H7NPS+. The fraction of sp³-hybridized carbons (Fsp3) is 1.00. The molecule has 0 amide bonds. The molecule has 0 saturated carbocycles. The van der Waals surface area contributed by atoms with Crippen molar-refractivity contribution in [1.82, 2.24) is 0 Å². The molecule has 1 nitrogen and oxygen atoms in total. The summed E-state index contributed by atoms with van der Waals surface area (Å²) in [6.45, 7) is 3.01. The number of hydrogen-bond acceptors (Lipinski definition) is 2.